The number of nitrogens with zero attached hydrogens (tertiary/aromatic N) is 2. The summed E-state index contributed by atoms with van der Waals surface area (Å²) in [6.07, 6.45) is 4.80. The molecule has 1 heterocycles. The van der Waals surface area contributed by atoms with Crippen molar-refractivity contribution in [2.24, 2.45) is 0 Å². The van der Waals surface area contributed by atoms with Gasteiger partial charge < -0.3 is 10.4 Å². The number of amides is 1. The summed E-state index contributed by atoms with van der Waals surface area (Å²) in [6.45, 7) is 7.97. The van der Waals surface area contributed by atoms with E-state index in [0.717, 1.165) is 45.2 Å². The number of aliphatic carboxylic acids is 1. The molecule has 0 saturated carbocycles. The van der Waals surface area contributed by atoms with E-state index in [0.29, 0.717) is 0 Å². The van der Waals surface area contributed by atoms with Gasteiger partial charge in [0.05, 0.1) is 12.6 Å². The molecule has 1 saturated heterocycles. The molecule has 2 N–H and O–H groups in total. The first-order valence-electron chi connectivity index (χ1n) is 8.85. The lowest BCUT2D eigenvalue weighted by Gasteiger charge is -2.29. The first-order chi connectivity index (χ1) is 10.9. The fourth-order valence-electron chi connectivity index (χ4n) is 3.25. The van der Waals surface area contributed by atoms with E-state index in [1.54, 1.807) is 0 Å². The van der Waals surface area contributed by atoms with Crippen molar-refractivity contribution in [2.75, 3.05) is 26.7 Å². The predicted octanol–water partition coefficient (Wildman–Crippen LogP) is 1.97. The van der Waals surface area contributed by atoms with Crippen LogP contribution in [-0.4, -0.2) is 71.6 Å². The van der Waals surface area contributed by atoms with Gasteiger partial charge in [0, 0.05) is 18.6 Å². The van der Waals surface area contributed by atoms with E-state index in [4.69, 9.17) is 5.11 Å². The second-order valence-electron chi connectivity index (χ2n) is 6.63. The number of nitrogens with one attached hydrogen (secondary N) is 1. The quantitative estimate of drug-likeness (QED) is 0.689. The summed E-state index contributed by atoms with van der Waals surface area (Å²) in [5, 5.41) is 12.0. The Balaban J connectivity index is 0.00000529. The minimum atomic E-state index is -0.786. The number of likely N-dealkylation sites (N-methyl/N-ethyl adjacent to an activating group) is 1. The van der Waals surface area contributed by atoms with Gasteiger partial charge in [0.2, 0.25) is 5.91 Å². The van der Waals surface area contributed by atoms with Crippen LogP contribution in [0, 0.1) is 0 Å². The summed E-state index contributed by atoms with van der Waals surface area (Å²) in [6, 6.07) is 0.413. The molecule has 1 aliphatic rings. The number of carbonyl (C=O) groups is 2. The molecule has 0 aromatic heterocycles. The van der Waals surface area contributed by atoms with Gasteiger partial charge in [-0.05, 0) is 52.6 Å². The number of carboxylic acids is 1. The van der Waals surface area contributed by atoms with Gasteiger partial charge in [-0.15, -0.1) is 12.4 Å². The van der Waals surface area contributed by atoms with Gasteiger partial charge in [-0.1, -0.05) is 13.8 Å². The minimum Gasteiger partial charge on any atom is -0.480 e. The first kappa shape index (κ1) is 23.1. The molecule has 0 aliphatic carbocycles. The van der Waals surface area contributed by atoms with Gasteiger partial charge in [-0.25, -0.2) is 0 Å². The molecule has 142 valence electrons. The number of hydrogen-bond acceptors (Lipinski definition) is 4. The molecule has 6 nitrogen and oxygen atoms in total. The highest BCUT2D eigenvalue weighted by Crippen LogP contribution is 2.17. The second-order valence-corrected chi connectivity index (χ2v) is 6.63. The van der Waals surface area contributed by atoms with Crippen LogP contribution < -0.4 is 5.32 Å². The maximum Gasteiger partial charge on any atom is 0.317 e. The molecule has 0 bridgehead atoms. The number of carbonyl (C=O) groups excluding carboxylic acids is 1. The Labute approximate surface area is 152 Å². The zero-order valence-electron chi connectivity index (χ0n) is 15.5. The first-order valence-corrected chi connectivity index (χ1v) is 8.85. The smallest absolute Gasteiger partial charge is 0.317 e. The molecule has 2 unspecified atom stereocenters. The molecule has 1 aliphatic heterocycles. The van der Waals surface area contributed by atoms with E-state index in [1.165, 1.54) is 0 Å². The summed E-state index contributed by atoms with van der Waals surface area (Å²) in [5.74, 6) is -0.678. The molecule has 24 heavy (non-hydrogen) atoms. The SMILES string of the molecule is CCC(CC)NC(=O)C(C)N1CCCC(N(C)CC(=O)O)CC1.Cl. The highest BCUT2D eigenvalue weighted by atomic mass is 35.5. The second kappa shape index (κ2) is 11.7. The Bertz CT molecular complexity index is 391. The molecule has 0 aromatic carbocycles. The zero-order chi connectivity index (χ0) is 17.4. The number of carboxylic acid groups (broad SMARTS) is 1. The predicted molar refractivity (Wildman–Crippen MR) is 98.7 cm³/mol. The molecule has 0 radical (unpaired) electrons. The lowest BCUT2D eigenvalue weighted by Crippen LogP contribution is -2.48. The maximum absolute atomic E-state index is 12.4. The fraction of sp³-hybridized carbons (Fsp3) is 0.882. The third-order valence-electron chi connectivity index (χ3n) is 5.00. The van der Waals surface area contributed by atoms with Gasteiger partial charge in [0.15, 0.2) is 0 Å². The van der Waals surface area contributed by atoms with Crippen molar-refractivity contribution in [3.05, 3.63) is 0 Å². The van der Waals surface area contributed by atoms with Crippen LogP contribution in [0.4, 0.5) is 0 Å². The largest absolute Gasteiger partial charge is 0.480 e. The van der Waals surface area contributed by atoms with Crippen LogP contribution >= 0.6 is 12.4 Å². The van der Waals surface area contributed by atoms with Crippen LogP contribution in [0.1, 0.15) is 52.9 Å². The van der Waals surface area contributed by atoms with Crippen molar-refractivity contribution < 1.29 is 14.7 Å². The molecule has 1 rings (SSSR count). The molecule has 0 spiro atoms. The van der Waals surface area contributed by atoms with Crippen molar-refractivity contribution in [3.63, 3.8) is 0 Å². The molecule has 1 fully saturated rings. The van der Waals surface area contributed by atoms with Crippen LogP contribution in [0.3, 0.4) is 0 Å². The van der Waals surface area contributed by atoms with E-state index in [9.17, 15) is 9.59 Å². The van der Waals surface area contributed by atoms with Gasteiger partial charge in [-0.3, -0.25) is 19.4 Å². The number of halogens is 1. The maximum atomic E-state index is 12.4. The van der Waals surface area contributed by atoms with Gasteiger partial charge in [0.25, 0.3) is 0 Å². The number of rotatable bonds is 8. The van der Waals surface area contributed by atoms with E-state index in [-0.39, 0.29) is 43.0 Å². The summed E-state index contributed by atoms with van der Waals surface area (Å²) >= 11 is 0. The van der Waals surface area contributed by atoms with E-state index in [1.807, 2.05) is 18.9 Å². The van der Waals surface area contributed by atoms with E-state index >= 15 is 0 Å². The lowest BCUT2D eigenvalue weighted by molar-refractivity contribution is -0.138. The zero-order valence-corrected chi connectivity index (χ0v) is 16.3. The topological polar surface area (TPSA) is 72.9 Å². The van der Waals surface area contributed by atoms with Crippen molar-refractivity contribution in [2.45, 2.75) is 71.0 Å². The van der Waals surface area contributed by atoms with Crippen LogP contribution in [0.15, 0.2) is 0 Å². The van der Waals surface area contributed by atoms with Crippen LogP contribution in [0.25, 0.3) is 0 Å². The summed E-state index contributed by atoms with van der Waals surface area (Å²) < 4.78 is 0. The van der Waals surface area contributed by atoms with E-state index < -0.39 is 5.97 Å². The number of likely N-dealkylation sites (tertiary alicyclic amines) is 1. The molecular formula is C17H34ClN3O3. The molecular weight excluding hydrogens is 330 g/mol. The molecule has 0 aromatic rings. The summed E-state index contributed by atoms with van der Waals surface area (Å²) in [5.41, 5.74) is 0. The molecule has 7 heteroatoms. The Kier molecular flexibility index (Phi) is 11.2. The summed E-state index contributed by atoms with van der Waals surface area (Å²) in [7, 11) is 1.87. The van der Waals surface area contributed by atoms with Gasteiger partial charge in [0.1, 0.15) is 0 Å². The third kappa shape index (κ3) is 7.36. The van der Waals surface area contributed by atoms with Gasteiger partial charge in [-0.2, -0.15) is 0 Å². The van der Waals surface area contributed by atoms with Gasteiger partial charge >= 0.3 is 5.97 Å². The Morgan fingerprint density at radius 3 is 2.42 bits per heavy atom. The van der Waals surface area contributed by atoms with E-state index in [2.05, 4.69) is 24.1 Å². The Morgan fingerprint density at radius 1 is 1.25 bits per heavy atom. The highest BCUT2D eigenvalue weighted by Gasteiger charge is 2.27. The van der Waals surface area contributed by atoms with Crippen molar-refractivity contribution in [1.29, 1.82) is 0 Å². The normalized spacial score (nSPS) is 20.3. The molecule has 1 amide bonds. The third-order valence-corrected chi connectivity index (χ3v) is 5.00. The van der Waals surface area contributed by atoms with Crippen LogP contribution in [0.2, 0.25) is 0 Å². The number of hydrogen-bond donors (Lipinski definition) is 2. The summed E-state index contributed by atoms with van der Waals surface area (Å²) in [4.78, 5) is 27.4. The highest BCUT2D eigenvalue weighted by molar-refractivity contribution is 5.85. The monoisotopic (exact) mass is 363 g/mol. The van der Waals surface area contributed by atoms with Crippen LogP contribution in [0.5, 0.6) is 0 Å². The average molecular weight is 364 g/mol. The molecule has 2 atom stereocenters. The standard InChI is InChI=1S/C17H33N3O3.ClH/c1-5-14(6-2)18-17(23)13(3)20-10-7-8-15(9-11-20)19(4)12-16(21)22;/h13-15H,5-12H2,1-4H3,(H,18,23)(H,21,22);1H. The Morgan fingerprint density at radius 2 is 1.88 bits per heavy atom. The Hall–Kier alpha value is -0.850. The van der Waals surface area contributed by atoms with Crippen molar-refractivity contribution in [3.8, 4) is 0 Å². The van der Waals surface area contributed by atoms with Crippen molar-refractivity contribution in [1.82, 2.24) is 15.1 Å². The van der Waals surface area contributed by atoms with Crippen molar-refractivity contribution >= 4 is 24.3 Å². The fourth-order valence-corrected chi connectivity index (χ4v) is 3.25. The van der Waals surface area contributed by atoms with Crippen LogP contribution in [-0.2, 0) is 9.59 Å². The lowest BCUT2D eigenvalue weighted by atomic mass is 10.1. The minimum absolute atomic E-state index is 0. The average Bonchev–Trinajstić information content (AvgIpc) is 2.76.